The molecule has 0 bridgehead atoms. The Balaban J connectivity index is -0.000000216. The maximum absolute atomic E-state index is 10.8. The van der Waals surface area contributed by atoms with Gasteiger partial charge in [0.25, 0.3) is 0 Å². The van der Waals surface area contributed by atoms with Crippen molar-refractivity contribution >= 4 is 41.6 Å². The summed E-state index contributed by atoms with van der Waals surface area (Å²) in [4.78, 5) is 73.6. The third-order valence-corrected chi connectivity index (χ3v) is 3.41. The molecule has 248 valence electrons. The standard InChI is InChI=1S/2C7H12O5.C6H10O3.C6H12O2.H3N/c1-4(2)7(12,6(10)11)3-5(8)9;1-3(2)4(6(9)10)5(8)7(11)12;1-4(2)3-5(7)6(8)9;1-5(2)3-4-6(7)8;/h4,12H,3H2,1-2H3,(H,8,9)(H,10,11);3-5,8H,1-2H3,(H,9,10)(H,11,12);4H,3H2,1-2H3,(H,8,9);5H,3-4H2,1-2H3,(H,7,8);1H3/p-6/t7-;4-,5+;;;/m10.../s1/i3D2,4D,12D;3D,4D,5D,8D;3D2,4D;3D2,4D,5D;/hD2/t2m;;4-;/m10.1./s1. The molecule has 16 nitrogen and oxygen atoms in total. The molecule has 0 rings (SSSR count). The molecule has 0 aliphatic heterocycles. The molecule has 16 heteroatoms. The van der Waals surface area contributed by atoms with Crippen LogP contribution >= 0.6 is 0 Å². The van der Waals surface area contributed by atoms with Gasteiger partial charge in [-0.15, -0.1) is 0 Å². The van der Waals surface area contributed by atoms with E-state index < -0.39 is 108 Å². The zero-order valence-corrected chi connectivity index (χ0v) is 23.7. The second-order valence-corrected chi connectivity index (χ2v) is 8.01. The molecule has 0 unspecified atom stereocenters. The van der Waals surface area contributed by atoms with Gasteiger partial charge in [0.1, 0.15) is 20.5 Å². The van der Waals surface area contributed by atoms with Crippen LogP contribution in [0.4, 0.5) is 0 Å². The Labute approximate surface area is 269 Å². The van der Waals surface area contributed by atoms with Gasteiger partial charge in [-0.1, -0.05) is 55.4 Å². The molecule has 0 amide bonds. The van der Waals surface area contributed by atoms with Gasteiger partial charge >= 0.3 is 0 Å². The summed E-state index contributed by atoms with van der Waals surface area (Å²) < 4.78 is 118. The molecule has 0 spiro atoms. The lowest BCUT2D eigenvalue weighted by atomic mass is 9.87. The van der Waals surface area contributed by atoms with E-state index in [1.54, 1.807) is 0 Å². The van der Waals surface area contributed by atoms with Crippen molar-refractivity contribution in [3.8, 4) is 0 Å². The van der Waals surface area contributed by atoms with E-state index in [4.69, 9.17) is 23.5 Å². The summed E-state index contributed by atoms with van der Waals surface area (Å²) in [5, 5.41) is 70.1. The highest BCUT2D eigenvalue weighted by Crippen LogP contribution is 2.19. The average molecular weight is 627 g/mol. The van der Waals surface area contributed by atoms with Crippen molar-refractivity contribution in [2.45, 2.75) is 92.6 Å². The van der Waals surface area contributed by atoms with E-state index in [0.29, 0.717) is 0 Å². The molecule has 42 heavy (non-hydrogen) atoms. The molecule has 5 N–H and O–H groups in total. The van der Waals surface area contributed by atoms with Gasteiger partial charge in [-0.25, -0.2) is 0 Å². The van der Waals surface area contributed by atoms with Crippen LogP contribution in [0.15, 0.2) is 0 Å². The summed E-state index contributed by atoms with van der Waals surface area (Å²) in [6.45, 7) is 8.23. The van der Waals surface area contributed by atoms with Crippen molar-refractivity contribution in [1.29, 1.82) is 2.86 Å². The number of aliphatic carboxylic acids is 6. The number of carbonyl (C=O) groups is 7. The van der Waals surface area contributed by atoms with Crippen LogP contribution in [-0.2, 0) is 33.6 Å². The zero-order valence-electron chi connectivity index (χ0n) is 40.7. The second kappa shape index (κ2) is 24.0. The Morgan fingerprint density at radius 1 is 0.833 bits per heavy atom. The number of carboxylic acid groups (broad SMARTS) is 6. The topological polar surface area (TPSA) is 333 Å². The summed E-state index contributed by atoms with van der Waals surface area (Å²) in [5.41, 5.74) is -3.29. The maximum atomic E-state index is 10.8. The van der Waals surface area contributed by atoms with Crippen molar-refractivity contribution in [2.75, 3.05) is 0 Å². The highest BCUT2D eigenvalue weighted by molar-refractivity contribution is 6.31. The first-order valence-corrected chi connectivity index (χ1v) is 10.6. The third kappa shape index (κ3) is 25.3. The molecule has 0 fully saturated rings. The summed E-state index contributed by atoms with van der Waals surface area (Å²) >= 11 is 0. The van der Waals surface area contributed by atoms with Gasteiger partial charge in [0.15, 0.2) is 5.78 Å². The number of hydrogen-bond donors (Lipinski definition) is 3. The van der Waals surface area contributed by atoms with Crippen molar-refractivity contribution in [1.82, 2.24) is 6.14 Å². The SMILES string of the molecule is [2H]C(C)(C)C([2H])([2H])C(=O)C(=O)[O-].[2H]N[2H].[2H]O[C@@](C(=O)[O-])(C([2H])(C)C)C([2H])([2H])C(=O)[O-].[2H]O[C@@]([2H])(C(=O)[O-])[C@@]([2H])(C(=O)[O-])C([2H])(C)C.[2H][C@@H](C(=O)[O-])C([2H])([2H])C([2H])(C)C. The van der Waals surface area contributed by atoms with E-state index in [9.17, 15) is 64.2 Å². The fraction of sp³-hybridized carbons (Fsp3) is 0.731. The van der Waals surface area contributed by atoms with Gasteiger partial charge in [0.2, 0.25) is 2.86 Å². The van der Waals surface area contributed by atoms with E-state index in [0.717, 1.165) is 41.5 Å². The largest absolute Gasteiger partial charge is 0.550 e. The quantitative estimate of drug-likeness (QED) is 0.134. The smallest absolute Gasteiger partial charge is 0.211 e. The first-order valence-electron chi connectivity index (χ1n) is 19.0. The second-order valence-electron chi connectivity index (χ2n) is 8.01. The predicted molar refractivity (Wildman–Crippen MR) is 132 cm³/mol. The molecule has 0 aromatic rings. The molecule has 0 aliphatic carbocycles. The number of rotatable bonds is 16. The van der Waals surface area contributed by atoms with E-state index >= 15 is 0 Å². The van der Waals surface area contributed by atoms with E-state index in [-0.39, 0.29) is 0 Å². The molecular weight excluding hydrogens is 566 g/mol. The van der Waals surface area contributed by atoms with Gasteiger partial charge < -0.3 is 75.8 Å². The monoisotopic (exact) mass is 626 g/mol. The van der Waals surface area contributed by atoms with Crippen LogP contribution in [0.3, 0.4) is 0 Å². The molecule has 0 saturated heterocycles. The van der Waals surface area contributed by atoms with Gasteiger partial charge in [-0.05, 0) is 36.3 Å². The fourth-order valence-corrected chi connectivity index (χ4v) is 1.63. The molecule has 0 aromatic heterocycles. The number of carbonyl (C=O) groups excluding carboxylic acids is 7. The van der Waals surface area contributed by atoms with Crippen molar-refractivity contribution in [3.63, 3.8) is 0 Å². The fourth-order valence-electron chi connectivity index (χ4n) is 1.63. The lowest BCUT2D eigenvalue weighted by molar-refractivity contribution is -0.336. The number of aliphatic hydroxyl groups is 2. The highest BCUT2D eigenvalue weighted by Gasteiger charge is 2.32. The molecule has 0 aliphatic rings. The molecule has 4 atom stereocenters. The zero-order chi connectivity index (χ0) is 49.7. The van der Waals surface area contributed by atoms with Gasteiger partial charge in [0, 0.05) is 53.0 Å². The molecule has 0 saturated carbocycles. The highest BCUT2D eigenvalue weighted by atomic mass is 16.4. The van der Waals surface area contributed by atoms with E-state index in [1.807, 2.05) is 0 Å². The molecular formula is C26H43NO15-6. The van der Waals surface area contributed by atoms with Gasteiger partial charge in [-0.2, -0.15) is 0 Å². The van der Waals surface area contributed by atoms with Gasteiger partial charge in [0.05, 0.1) is 13.3 Å². The van der Waals surface area contributed by atoms with Crippen molar-refractivity contribution < 1.29 is 95.1 Å². The predicted octanol–water partition coefficient (Wildman–Crippen LogP) is -5.93. The molecule has 0 radical (unpaired) electrons. The summed E-state index contributed by atoms with van der Waals surface area (Å²) in [6.07, 6.45) is -13.0. The van der Waals surface area contributed by atoms with E-state index in [2.05, 4.69) is 10.2 Å². The molecule has 0 aromatic carbocycles. The third-order valence-electron chi connectivity index (χ3n) is 3.41. The summed E-state index contributed by atoms with van der Waals surface area (Å²) in [5.74, 6) is -26.2. The Kier molecular flexibility index (Phi) is 12.1. The van der Waals surface area contributed by atoms with E-state index in [1.165, 1.54) is 20.0 Å². The summed E-state index contributed by atoms with van der Waals surface area (Å²) in [7, 11) is 0. The number of ketones is 1. The van der Waals surface area contributed by atoms with Crippen LogP contribution in [0, 0.1) is 29.5 Å². The van der Waals surface area contributed by atoms with Crippen LogP contribution in [0.25, 0.3) is 0 Å². The van der Waals surface area contributed by atoms with Crippen molar-refractivity contribution in [3.05, 3.63) is 0 Å². The minimum Gasteiger partial charge on any atom is -0.550 e. The number of hydrogen-bond acceptors (Lipinski definition) is 16. The van der Waals surface area contributed by atoms with Crippen LogP contribution in [-0.4, -0.2) is 66.4 Å². The van der Waals surface area contributed by atoms with Crippen LogP contribution in [0.2, 0.25) is 2.82 Å². The summed E-state index contributed by atoms with van der Waals surface area (Å²) in [6, 6.07) is 0. The minimum atomic E-state index is -3.58. The first-order chi connectivity index (χ1) is 25.5. The van der Waals surface area contributed by atoms with Crippen LogP contribution in [0.5, 0.6) is 0 Å². The lowest BCUT2D eigenvalue weighted by Crippen LogP contribution is -2.54. The Hall–Kier alpha value is -3.63. The lowest BCUT2D eigenvalue weighted by Gasteiger charge is -2.33. The maximum Gasteiger partial charge on any atom is 0.211 e. The Morgan fingerprint density at radius 2 is 1.31 bits per heavy atom. The van der Waals surface area contributed by atoms with Gasteiger partial charge in [-0.3, -0.25) is 4.79 Å². The molecule has 0 heterocycles. The Morgan fingerprint density at radius 3 is 1.40 bits per heavy atom. The first kappa shape index (κ1) is 21.1. The minimum absolute atomic E-state index is 0.887. The normalized spacial score (nSPS) is 22.8. The van der Waals surface area contributed by atoms with Crippen LogP contribution in [0.1, 0.15) is 98.7 Å². The van der Waals surface area contributed by atoms with Crippen molar-refractivity contribution in [2.24, 2.45) is 29.5 Å². The number of Topliss-reactive ketones (excluding diaryl/α,β-unsaturated/α-hetero) is 1. The number of carboxylic acids is 6. The average Bonchev–Trinajstić information content (AvgIpc) is 3.01. The Bertz CT molecular complexity index is 1480. The van der Waals surface area contributed by atoms with Crippen LogP contribution < -0.4 is 36.8 Å².